The van der Waals surface area contributed by atoms with Gasteiger partial charge in [-0.1, -0.05) is 42.5 Å². The molecule has 2 aliphatic heterocycles. The number of rotatable bonds is 5. The van der Waals surface area contributed by atoms with Gasteiger partial charge in [-0.25, -0.2) is 0 Å². The zero-order valence-corrected chi connectivity index (χ0v) is 20.1. The molecule has 4 aromatic rings. The van der Waals surface area contributed by atoms with E-state index in [0.717, 1.165) is 33.5 Å². The minimum absolute atomic E-state index is 0.0502. The second kappa shape index (κ2) is 8.95. The lowest BCUT2D eigenvalue weighted by Crippen LogP contribution is -2.62. The molecule has 1 saturated heterocycles. The molecule has 9 nitrogen and oxygen atoms in total. The molecule has 1 unspecified atom stereocenters. The van der Waals surface area contributed by atoms with Crippen LogP contribution in [0.3, 0.4) is 0 Å². The van der Waals surface area contributed by atoms with E-state index < -0.39 is 12.1 Å². The average Bonchev–Trinajstić information content (AvgIpc) is 3.29. The zero-order valence-electron chi connectivity index (χ0n) is 20.1. The van der Waals surface area contributed by atoms with Gasteiger partial charge in [-0.3, -0.25) is 14.8 Å². The van der Waals surface area contributed by atoms with Gasteiger partial charge in [-0.2, -0.15) is 0 Å². The zero-order chi connectivity index (χ0) is 25.7. The molecule has 0 spiro atoms. The molecule has 188 valence electrons. The van der Waals surface area contributed by atoms with Crippen LogP contribution in [0.25, 0.3) is 10.9 Å². The molecular formula is C28H25N4O5-. The fourth-order valence-corrected chi connectivity index (χ4v) is 5.57. The first kappa shape index (κ1) is 23.1. The predicted molar refractivity (Wildman–Crippen MR) is 137 cm³/mol. The molecule has 3 aromatic carbocycles. The molecule has 2 atom stereocenters. The number of anilines is 1. The number of hydrogen-bond donors (Lipinski definition) is 2. The molecule has 1 fully saturated rings. The Morgan fingerprint density at radius 1 is 1.08 bits per heavy atom. The van der Waals surface area contributed by atoms with E-state index in [2.05, 4.69) is 4.98 Å². The fraction of sp³-hybridized carbons (Fsp3) is 0.214. The van der Waals surface area contributed by atoms with Crippen molar-refractivity contribution in [1.29, 1.82) is 0 Å². The third-order valence-electron chi connectivity index (χ3n) is 7.28. The van der Waals surface area contributed by atoms with Crippen molar-refractivity contribution in [2.75, 3.05) is 18.9 Å². The van der Waals surface area contributed by atoms with Crippen LogP contribution in [0.1, 0.15) is 28.4 Å². The van der Waals surface area contributed by atoms with Gasteiger partial charge in [0.2, 0.25) is 11.8 Å². The van der Waals surface area contributed by atoms with Crippen molar-refractivity contribution < 1.29 is 19.5 Å². The van der Waals surface area contributed by atoms with E-state index in [-0.39, 0.29) is 29.3 Å². The molecule has 2 amide bonds. The summed E-state index contributed by atoms with van der Waals surface area (Å²) in [6.07, 6.45) is 0.382. The first-order valence-corrected chi connectivity index (χ1v) is 12.0. The Labute approximate surface area is 213 Å². The Bertz CT molecular complexity index is 1500. The molecule has 3 heterocycles. The second-order valence-electron chi connectivity index (χ2n) is 9.40. The maximum atomic E-state index is 13.9. The van der Waals surface area contributed by atoms with Crippen molar-refractivity contribution in [2.24, 2.45) is 0 Å². The number of hydrogen-bond acceptors (Lipinski definition) is 6. The number of amides is 2. The molecule has 9 heteroatoms. The monoisotopic (exact) mass is 497 g/mol. The highest BCUT2D eigenvalue weighted by Crippen LogP contribution is 2.43. The number of nitrogens with zero attached hydrogens (tertiary/aromatic N) is 3. The van der Waals surface area contributed by atoms with Crippen LogP contribution in [-0.4, -0.2) is 51.5 Å². The number of para-hydroxylation sites is 1. The van der Waals surface area contributed by atoms with Gasteiger partial charge in [0.05, 0.1) is 18.8 Å². The molecule has 0 radical (unpaired) electrons. The van der Waals surface area contributed by atoms with E-state index in [0.29, 0.717) is 18.5 Å². The SMILES string of the molecule is COc1ccc(CN2CC(=O)N3C(c4cccc(N([O-])O)c4)c4[nH]c5ccccc5c4C[C@H]3C2=O)cc1. The summed E-state index contributed by atoms with van der Waals surface area (Å²) in [6.45, 7) is 0.260. The number of fused-ring (bicyclic) bond motifs is 4. The summed E-state index contributed by atoms with van der Waals surface area (Å²) >= 11 is 0. The molecule has 2 aliphatic rings. The lowest BCUT2D eigenvalue weighted by atomic mass is 9.86. The van der Waals surface area contributed by atoms with Crippen molar-refractivity contribution in [3.63, 3.8) is 0 Å². The highest BCUT2D eigenvalue weighted by atomic mass is 16.8. The van der Waals surface area contributed by atoms with Gasteiger partial charge in [-0.05, 0) is 47.0 Å². The Balaban J connectivity index is 1.43. The summed E-state index contributed by atoms with van der Waals surface area (Å²) in [5, 5.41) is 21.9. The maximum Gasteiger partial charge on any atom is 0.246 e. The molecule has 0 aliphatic carbocycles. The van der Waals surface area contributed by atoms with Crippen LogP contribution in [-0.2, 0) is 22.6 Å². The standard InChI is InChI=1S/C28H25N4O5/c1-37-20-11-9-17(10-12-20)15-30-16-25(33)31-24(28(30)34)14-22-21-7-2-3-8-23(21)29-26(22)27(31)18-5-4-6-19(13-18)32(35)36/h2-13,24,27,29,35H,14-16H2,1H3/q-1/t24-,27?/m0/s1. The van der Waals surface area contributed by atoms with Crippen molar-refractivity contribution in [1.82, 2.24) is 14.8 Å². The number of methoxy groups -OCH3 is 1. The Morgan fingerprint density at radius 3 is 2.62 bits per heavy atom. The minimum Gasteiger partial charge on any atom is -0.733 e. The lowest BCUT2D eigenvalue weighted by Gasteiger charge is -2.47. The number of nitrogens with one attached hydrogen (secondary N) is 1. The summed E-state index contributed by atoms with van der Waals surface area (Å²) < 4.78 is 5.22. The van der Waals surface area contributed by atoms with E-state index >= 15 is 0 Å². The largest absolute Gasteiger partial charge is 0.733 e. The average molecular weight is 498 g/mol. The Hall–Kier alpha value is -4.34. The first-order valence-electron chi connectivity index (χ1n) is 12.0. The van der Waals surface area contributed by atoms with Gasteiger partial charge in [0.25, 0.3) is 0 Å². The quantitative estimate of drug-likeness (QED) is 0.406. The number of aromatic amines is 1. The smallest absolute Gasteiger partial charge is 0.246 e. The summed E-state index contributed by atoms with van der Waals surface area (Å²) in [7, 11) is 1.60. The molecule has 1 aromatic heterocycles. The third-order valence-corrected chi connectivity index (χ3v) is 7.28. The fourth-order valence-electron chi connectivity index (χ4n) is 5.57. The van der Waals surface area contributed by atoms with Gasteiger partial charge in [0.15, 0.2) is 0 Å². The van der Waals surface area contributed by atoms with Crippen LogP contribution in [0.15, 0.2) is 72.8 Å². The van der Waals surface area contributed by atoms with Crippen LogP contribution in [0.5, 0.6) is 5.75 Å². The number of piperazine rings is 1. The summed E-state index contributed by atoms with van der Waals surface area (Å²) in [4.78, 5) is 34.2. The molecule has 0 bridgehead atoms. The molecular weight excluding hydrogens is 472 g/mol. The van der Waals surface area contributed by atoms with Gasteiger partial charge >= 0.3 is 0 Å². The van der Waals surface area contributed by atoms with Gasteiger partial charge in [0, 0.05) is 29.6 Å². The minimum atomic E-state index is -0.697. The lowest BCUT2D eigenvalue weighted by molar-refractivity contribution is -0.159. The van der Waals surface area contributed by atoms with Crippen molar-refractivity contribution >= 4 is 28.4 Å². The van der Waals surface area contributed by atoms with Gasteiger partial charge in [0.1, 0.15) is 18.3 Å². The molecule has 6 rings (SSSR count). The molecule has 0 saturated carbocycles. The number of H-pyrrole nitrogens is 1. The second-order valence-corrected chi connectivity index (χ2v) is 9.40. The highest BCUT2D eigenvalue weighted by molar-refractivity contribution is 5.97. The van der Waals surface area contributed by atoms with Crippen molar-refractivity contribution in [3.05, 3.63) is 100 Å². The number of benzene rings is 3. The number of ether oxygens (including phenoxy) is 1. The topological polar surface area (TPSA) is 112 Å². The van der Waals surface area contributed by atoms with Crippen LogP contribution in [0.2, 0.25) is 0 Å². The predicted octanol–water partition coefficient (Wildman–Crippen LogP) is 3.76. The summed E-state index contributed by atoms with van der Waals surface area (Å²) in [6, 6.07) is 20.5. The summed E-state index contributed by atoms with van der Waals surface area (Å²) in [5.74, 6) is 0.417. The van der Waals surface area contributed by atoms with Gasteiger partial charge in [-0.15, -0.1) is 0 Å². The van der Waals surface area contributed by atoms with Crippen LogP contribution >= 0.6 is 0 Å². The Kier molecular flexibility index (Phi) is 5.58. The normalized spacial score (nSPS) is 19.1. The number of aromatic nitrogens is 1. The van der Waals surface area contributed by atoms with Crippen LogP contribution in [0.4, 0.5) is 5.69 Å². The number of carbonyl (C=O) groups excluding carboxylic acids is 2. The van der Waals surface area contributed by atoms with Crippen molar-refractivity contribution in [3.8, 4) is 5.75 Å². The van der Waals surface area contributed by atoms with Crippen LogP contribution < -0.4 is 9.96 Å². The third kappa shape index (κ3) is 3.89. The maximum absolute atomic E-state index is 13.9. The van der Waals surface area contributed by atoms with Crippen LogP contribution in [0, 0.1) is 5.21 Å². The highest BCUT2D eigenvalue weighted by Gasteiger charge is 2.48. The number of carbonyl (C=O) groups is 2. The van der Waals surface area contributed by atoms with Gasteiger partial charge < -0.3 is 30.0 Å². The van der Waals surface area contributed by atoms with E-state index in [9.17, 15) is 20.0 Å². The van der Waals surface area contributed by atoms with E-state index in [1.165, 1.54) is 6.07 Å². The van der Waals surface area contributed by atoms with E-state index in [1.807, 2.05) is 48.5 Å². The molecule has 2 N–H and O–H groups in total. The van der Waals surface area contributed by atoms with Crippen molar-refractivity contribution in [2.45, 2.75) is 25.0 Å². The Morgan fingerprint density at radius 2 is 1.86 bits per heavy atom. The van der Waals surface area contributed by atoms with E-state index in [4.69, 9.17) is 4.74 Å². The van der Waals surface area contributed by atoms with E-state index in [1.54, 1.807) is 35.1 Å². The molecule has 37 heavy (non-hydrogen) atoms. The summed E-state index contributed by atoms with van der Waals surface area (Å²) in [5.41, 5.74) is 4.29. The first-order chi connectivity index (χ1) is 17.9.